The largest absolute Gasteiger partial charge is 0.495 e. The Labute approximate surface area is 162 Å². The quantitative estimate of drug-likeness (QED) is 0.600. The molecule has 2 N–H and O–H groups in total. The molecule has 2 aromatic carbocycles. The summed E-state index contributed by atoms with van der Waals surface area (Å²) in [7, 11) is 1.57. The number of ether oxygens (including phenoxy) is 2. The van der Waals surface area contributed by atoms with Gasteiger partial charge in [-0.05, 0) is 43.3 Å². The normalized spacial score (nSPS) is 10.3. The number of rotatable bonds is 8. The van der Waals surface area contributed by atoms with Crippen LogP contribution in [-0.4, -0.2) is 24.6 Å². The number of nitrogens with one attached hydrogen (secondary N) is 2. The Morgan fingerprint density at radius 2 is 1.93 bits per heavy atom. The summed E-state index contributed by atoms with van der Waals surface area (Å²) in [5.74, 6) is 1.32. The van der Waals surface area contributed by atoms with Gasteiger partial charge in [-0.1, -0.05) is 12.1 Å². The van der Waals surface area contributed by atoms with Gasteiger partial charge in [-0.25, -0.2) is 4.98 Å². The van der Waals surface area contributed by atoms with Crippen molar-refractivity contribution in [2.24, 2.45) is 0 Å². The van der Waals surface area contributed by atoms with E-state index in [9.17, 15) is 4.79 Å². The second kappa shape index (κ2) is 9.05. The van der Waals surface area contributed by atoms with Crippen molar-refractivity contribution in [1.82, 2.24) is 4.98 Å². The van der Waals surface area contributed by atoms with E-state index in [1.807, 2.05) is 48.7 Å². The maximum Gasteiger partial charge on any atom is 0.230 e. The van der Waals surface area contributed by atoms with Crippen molar-refractivity contribution in [2.75, 3.05) is 24.4 Å². The number of nitrogens with zero attached hydrogens (tertiary/aromatic N) is 1. The summed E-state index contributed by atoms with van der Waals surface area (Å²) in [6.45, 7) is 2.59. The molecule has 0 atom stereocenters. The Hall–Kier alpha value is -3.06. The number of methoxy groups -OCH3 is 1. The molecular formula is C20H21N3O3S. The van der Waals surface area contributed by atoms with Crippen molar-refractivity contribution in [3.05, 3.63) is 59.6 Å². The van der Waals surface area contributed by atoms with Gasteiger partial charge < -0.3 is 20.1 Å². The minimum atomic E-state index is -0.141. The molecule has 140 valence electrons. The number of para-hydroxylation sites is 2. The first-order chi connectivity index (χ1) is 13.2. The van der Waals surface area contributed by atoms with Crippen LogP contribution < -0.4 is 20.1 Å². The van der Waals surface area contributed by atoms with Crippen LogP contribution in [0.3, 0.4) is 0 Å². The van der Waals surface area contributed by atoms with Crippen LogP contribution in [0.4, 0.5) is 16.5 Å². The second-order valence-electron chi connectivity index (χ2n) is 5.65. The highest BCUT2D eigenvalue weighted by Gasteiger charge is 2.10. The van der Waals surface area contributed by atoms with E-state index in [1.165, 1.54) is 11.3 Å². The van der Waals surface area contributed by atoms with Crippen LogP contribution in [0, 0.1) is 0 Å². The number of benzene rings is 2. The molecule has 0 radical (unpaired) electrons. The molecular weight excluding hydrogens is 362 g/mol. The number of hydrogen-bond donors (Lipinski definition) is 2. The topological polar surface area (TPSA) is 72.5 Å². The van der Waals surface area contributed by atoms with Gasteiger partial charge in [0.15, 0.2) is 5.13 Å². The molecule has 3 rings (SSSR count). The maximum atomic E-state index is 12.3. The highest BCUT2D eigenvalue weighted by atomic mass is 32.1. The molecule has 3 aromatic rings. The van der Waals surface area contributed by atoms with Crippen molar-refractivity contribution in [2.45, 2.75) is 13.3 Å². The number of anilines is 3. The summed E-state index contributed by atoms with van der Waals surface area (Å²) in [5.41, 5.74) is 2.27. The summed E-state index contributed by atoms with van der Waals surface area (Å²) in [6.07, 6.45) is 0.194. The second-order valence-corrected chi connectivity index (χ2v) is 6.51. The fraction of sp³-hybridized carbons (Fsp3) is 0.200. The zero-order valence-corrected chi connectivity index (χ0v) is 16.0. The zero-order valence-electron chi connectivity index (χ0n) is 15.2. The Bertz CT molecular complexity index is 893. The first-order valence-corrected chi connectivity index (χ1v) is 9.43. The molecule has 0 unspecified atom stereocenters. The molecule has 0 aliphatic heterocycles. The fourth-order valence-corrected chi connectivity index (χ4v) is 3.21. The van der Waals surface area contributed by atoms with Crippen LogP contribution in [0.2, 0.25) is 0 Å². The number of carbonyl (C=O) groups is 1. The summed E-state index contributed by atoms with van der Waals surface area (Å²) in [6, 6.07) is 15.0. The lowest BCUT2D eigenvalue weighted by molar-refractivity contribution is -0.115. The summed E-state index contributed by atoms with van der Waals surface area (Å²) in [5, 5.41) is 8.70. The standard InChI is InChI=1S/C20H21N3O3S/c1-3-26-16-10-8-14(9-11-16)21-20-22-15(13-27-20)12-19(24)23-17-6-4-5-7-18(17)25-2/h4-11,13H,3,12H2,1-2H3,(H,21,22)(H,23,24). The third-order valence-corrected chi connectivity index (χ3v) is 4.50. The van der Waals surface area contributed by atoms with E-state index in [0.29, 0.717) is 23.7 Å². The van der Waals surface area contributed by atoms with Crippen LogP contribution >= 0.6 is 11.3 Å². The van der Waals surface area contributed by atoms with Gasteiger partial charge in [0, 0.05) is 11.1 Å². The molecule has 0 bridgehead atoms. The van der Waals surface area contributed by atoms with Gasteiger partial charge in [0.2, 0.25) is 5.91 Å². The van der Waals surface area contributed by atoms with Crippen molar-refractivity contribution in [3.8, 4) is 11.5 Å². The van der Waals surface area contributed by atoms with Gasteiger partial charge in [0.1, 0.15) is 11.5 Å². The molecule has 0 aliphatic rings. The van der Waals surface area contributed by atoms with Crippen LogP contribution in [0.5, 0.6) is 11.5 Å². The predicted octanol–water partition coefficient (Wildman–Crippen LogP) is 4.48. The fourth-order valence-electron chi connectivity index (χ4n) is 2.48. The van der Waals surface area contributed by atoms with Crippen molar-refractivity contribution in [1.29, 1.82) is 0 Å². The third-order valence-electron chi connectivity index (χ3n) is 3.69. The average molecular weight is 383 g/mol. The monoisotopic (exact) mass is 383 g/mol. The molecule has 1 aromatic heterocycles. The molecule has 27 heavy (non-hydrogen) atoms. The zero-order chi connectivity index (χ0) is 19.1. The SMILES string of the molecule is CCOc1ccc(Nc2nc(CC(=O)Nc3ccccc3OC)cs2)cc1. The molecule has 1 heterocycles. The Morgan fingerprint density at radius 3 is 2.67 bits per heavy atom. The summed E-state index contributed by atoms with van der Waals surface area (Å²) in [4.78, 5) is 16.8. The lowest BCUT2D eigenvalue weighted by Gasteiger charge is -2.09. The molecule has 7 heteroatoms. The Morgan fingerprint density at radius 1 is 1.15 bits per heavy atom. The highest BCUT2D eigenvalue weighted by Crippen LogP contribution is 2.25. The highest BCUT2D eigenvalue weighted by molar-refractivity contribution is 7.13. The van der Waals surface area contributed by atoms with Gasteiger partial charge >= 0.3 is 0 Å². The number of aromatic nitrogens is 1. The van der Waals surface area contributed by atoms with Crippen LogP contribution in [0.25, 0.3) is 0 Å². The van der Waals surface area contributed by atoms with Gasteiger partial charge in [-0.3, -0.25) is 4.79 Å². The lowest BCUT2D eigenvalue weighted by atomic mass is 10.2. The van der Waals surface area contributed by atoms with Crippen LogP contribution in [0.1, 0.15) is 12.6 Å². The minimum Gasteiger partial charge on any atom is -0.495 e. The van der Waals surface area contributed by atoms with Crippen LogP contribution in [0.15, 0.2) is 53.9 Å². The van der Waals surface area contributed by atoms with E-state index in [1.54, 1.807) is 19.2 Å². The minimum absolute atomic E-state index is 0.141. The number of thiazole rings is 1. The smallest absolute Gasteiger partial charge is 0.230 e. The van der Waals surface area contributed by atoms with E-state index < -0.39 is 0 Å². The summed E-state index contributed by atoms with van der Waals surface area (Å²) < 4.78 is 10.7. The summed E-state index contributed by atoms with van der Waals surface area (Å²) >= 11 is 1.46. The number of hydrogen-bond acceptors (Lipinski definition) is 6. The van der Waals surface area contributed by atoms with Crippen molar-refractivity contribution < 1.29 is 14.3 Å². The molecule has 0 saturated carbocycles. The molecule has 0 spiro atoms. The first kappa shape index (κ1) is 18.7. The molecule has 1 amide bonds. The predicted molar refractivity (Wildman–Crippen MR) is 108 cm³/mol. The van der Waals surface area contributed by atoms with E-state index in [0.717, 1.165) is 16.6 Å². The van der Waals surface area contributed by atoms with Crippen molar-refractivity contribution >= 4 is 33.8 Å². The van der Waals surface area contributed by atoms with E-state index in [-0.39, 0.29) is 12.3 Å². The third kappa shape index (κ3) is 5.21. The maximum absolute atomic E-state index is 12.3. The molecule has 6 nitrogen and oxygen atoms in total. The van der Waals surface area contributed by atoms with E-state index >= 15 is 0 Å². The van der Waals surface area contributed by atoms with E-state index in [4.69, 9.17) is 9.47 Å². The Balaban J connectivity index is 1.58. The Kier molecular flexibility index (Phi) is 6.27. The van der Waals surface area contributed by atoms with Gasteiger partial charge in [0.25, 0.3) is 0 Å². The van der Waals surface area contributed by atoms with Gasteiger partial charge in [-0.2, -0.15) is 0 Å². The van der Waals surface area contributed by atoms with Gasteiger partial charge in [-0.15, -0.1) is 11.3 Å². The van der Waals surface area contributed by atoms with Crippen molar-refractivity contribution in [3.63, 3.8) is 0 Å². The van der Waals surface area contributed by atoms with Crippen LogP contribution in [-0.2, 0) is 11.2 Å². The van der Waals surface area contributed by atoms with E-state index in [2.05, 4.69) is 15.6 Å². The number of carbonyl (C=O) groups excluding carboxylic acids is 1. The molecule has 0 aliphatic carbocycles. The number of amides is 1. The molecule has 0 fully saturated rings. The first-order valence-electron chi connectivity index (χ1n) is 8.55. The van der Waals surface area contributed by atoms with Gasteiger partial charge in [0.05, 0.1) is 31.5 Å². The average Bonchev–Trinajstić information content (AvgIpc) is 3.10. The lowest BCUT2D eigenvalue weighted by Crippen LogP contribution is -2.15. The molecule has 0 saturated heterocycles.